The molecule has 0 spiro atoms. The van der Waals surface area contributed by atoms with E-state index in [0.717, 1.165) is 15.3 Å². The highest BCUT2D eigenvalue weighted by molar-refractivity contribution is 9.10. The van der Waals surface area contributed by atoms with Crippen molar-refractivity contribution < 1.29 is 21.6 Å². The number of fused-ring (bicyclic) bond motifs is 1. The highest BCUT2D eigenvalue weighted by Crippen LogP contribution is 2.58. The van der Waals surface area contributed by atoms with Gasteiger partial charge in [0, 0.05) is 16.9 Å². The zero-order valence-electron chi connectivity index (χ0n) is 14.9. The second-order valence-electron chi connectivity index (χ2n) is 6.80. The van der Waals surface area contributed by atoms with E-state index in [2.05, 4.69) is 26.0 Å². The van der Waals surface area contributed by atoms with Crippen LogP contribution < -0.4 is 5.69 Å². The molecule has 1 saturated carbocycles. The number of aromatic nitrogens is 4. The van der Waals surface area contributed by atoms with Crippen LogP contribution in [0.4, 0.5) is 13.2 Å². The summed E-state index contributed by atoms with van der Waals surface area (Å²) in [5, 5.41) is 4.07. The molecule has 0 aliphatic heterocycles. The number of pyridine rings is 2. The molecule has 4 rings (SSSR count). The molecule has 12 heteroatoms. The molecule has 0 bridgehead atoms. The van der Waals surface area contributed by atoms with E-state index in [1.165, 1.54) is 31.3 Å². The molecular formula is C17H14BrF3N4O3S. The molecule has 29 heavy (non-hydrogen) atoms. The zero-order chi connectivity index (χ0) is 21.2. The van der Waals surface area contributed by atoms with Crippen LogP contribution in [0.1, 0.15) is 25.3 Å². The minimum absolute atomic E-state index is 0.0238. The van der Waals surface area contributed by atoms with Gasteiger partial charge in [0.05, 0.1) is 11.2 Å². The highest BCUT2D eigenvalue weighted by Gasteiger charge is 2.64. The molecule has 1 aliphatic carbocycles. The lowest BCUT2D eigenvalue weighted by atomic mass is 9.97. The van der Waals surface area contributed by atoms with Crippen molar-refractivity contribution in [1.82, 2.24) is 19.2 Å². The average Bonchev–Trinajstić information content (AvgIpc) is 3.42. The van der Waals surface area contributed by atoms with Crippen LogP contribution in [0.5, 0.6) is 0 Å². The Kier molecular flexibility index (Phi) is 4.43. The summed E-state index contributed by atoms with van der Waals surface area (Å²) in [7, 11) is -3.74. The number of hydrogen-bond acceptors (Lipinski definition) is 5. The van der Waals surface area contributed by atoms with E-state index >= 15 is 0 Å². The summed E-state index contributed by atoms with van der Waals surface area (Å²) in [6, 6.07) is 3.92. The van der Waals surface area contributed by atoms with E-state index in [1.807, 2.05) is 0 Å². The third-order valence-electron chi connectivity index (χ3n) is 5.08. The molecule has 1 fully saturated rings. The highest BCUT2D eigenvalue weighted by atomic mass is 79.9. The van der Waals surface area contributed by atoms with E-state index < -0.39 is 27.1 Å². The number of halogens is 4. The van der Waals surface area contributed by atoms with Gasteiger partial charge in [-0.05, 0) is 46.5 Å². The van der Waals surface area contributed by atoms with Gasteiger partial charge in [-0.2, -0.15) is 17.9 Å². The number of sulfone groups is 1. The van der Waals surface area contributed by atoms with Crippen LogP contribution in [0.15, 0.2) is 44.8 Å². The number of hydrogen-bond donors (Lipinski definition) is 0. The summed E-state index contributed by atoms with van der Waals surface area (Å²) in [4.78, 5) is 16.7. The Balaban J connectivity index is 1.93. The van der Waals surface area contributed by atoms with Crippen molar-refractivity contribution in [2.24, 2.45) is 0 Å². The quantitative estimate of drug-likeness (QED) is 0.560. The number of alkyl halides is 3. The minimum atomic E-state index is -4.42. The van der Waals surface area contributed by atoms with E-state index in [1.54, 1.807) is 0 Å². The standard InChI is InChI=1S/C17H14BrF3N4O3S/c1-2-29(27,28)12-7-11(18)8-22-14(12)25-15(26)24-9-10(3-4-13(24)23-25)16(5-6-16)17(19,20)21/h3-4,7-9H,2,5-6H2,1H3. The number of rotatable bonds is 4. The Hall–Kier alpha value is -2.21. The predicted molar refractivity (Wildman–Crippen MR) is 101 cm³/mol. The molecule has 3 heterocycles. The van der Waals surface area contributed by atoms with Crippen LogP contribution in [0.2, 0.25) is 0 Å². The minimum Gasteiger partial charge on any atom is -0.250 e. The molecule has 0 aromatic carbocycles. The van der Waals surface area contributed by atoms with Gasteiger partial charge in [0.15, 0.2) is 21.3 Å². The summed E-state index contributed by atoms with van der Waals surface area (Å²) in [5.74, 6) is -0.430. The first kappa shape index (κ1) is 20.1. The molecule has 0 N–H and O–H groups in total. The molecule has 3 aromatic heterocycles. The van der Waals surface area contributed by atoms with Gasteiger partial charge in [-0.3, -0.25) is 0 Å². The summed E-state index contributed by atoms with van der Waals surface area (Å²) in [6.07, 6.45) is -2.07. The van der Waals surface area contributed by atoms with Crippen LogP contribution in [-0.2, 0) is 15.3 Å². The second-order valence-corrected chi connectivity index (χ2v) is 9.96. The Morgan fingerprint density at radius 2 is 1.97 bits per heavy atom. The monoisotopic (exact) mass is 490 g/mol. The summed E-state index contributed by atoms with van der Waals surface area (Å²) in [6.45, 7) is 1.45. The van der Waals surface area contributed by atoms with Gasteiger partial charge in [-0.1, -0.05) is 13.0 Å². The lowest BCUT2D eigenvalue weighted by Gasteiger charge is -2.19. The maximum atomic E-state index is 13.4. The van der Waals surface area contributed by atoms with Crippen LogP contribution in [-0.4, -0.2) is 39.5 Å². The van der Waals surface area contributed by atoms with Crippen LogP contribution in [0, 0.1) is 0 Å². The van der Waals surface area contributed by atoms with Gasteiger partial charge in [-0.15, -0.1) is 5.10 Å². The van der Waals surface area contributed by atoms with Crippen molar-refractivity contribution in [3.05, 3.63) is 51.1 Å². The topological polar surface area (TPSA) is 86.3 Å². The fourth-order valence-corrected chi connectivity index (χ4v) is 4.73. The summed E-state index contributed by atoms with van der Waals surface area (Å²) in [5.41, 5.74) is -2.69. The Morgan fingerprint density at radius 3 is 2.55 bits per heavy atom. The first-order valence-electron chi connectivity index (χ1n) is 8.57. The largest absolute Gasteiger partial charge is 0.398 e. The van der Waals surface area contributed by atoms with Crippen LogP contribution >= 0.6 is 15.9 Å². The van der Waals surface area contributed by atoms with Crippen molar-refractivity contribution >= 4 is 31.4 Å². The second kappa shape index (κ2) is 6.39. The number of nitrogens with zero attached hydrogens (tertiary/aromatic N) is 4. The summed E-state index contributed by atoms with van der Waals surface area (Å²) < 4.78 is 67.3. The summed E-state index contributed by atoms with van der Waals surface area (Å²) >= 11 is 3.15. The molecule has 0 radical (unpaired) electrons. The van der Waals surface area contributed by atoms with E-state index in [-0.39, 0.29) is 40.5 Å². The third kappa shape index (κ3) is 3.08. The van der Waals surface area contributed by atoms with E-state index in [0.29, 0.717) is 4.47 Å². The van der Waals surface area contributed by atoms with Gasteiger partial charge in [0.2, 0.25) is 0 Å². The van der Waals surface area contributed by atoms with Crippen molar-refractivity contribution in [2.75, 3.05) is 5.75 Å². The SMILES string of the molecule is CCS(=O)(=O)c1cc(Br)cnc1-n1nc2ccc(C3(C(F)(F)F)CC3)cn2c1=O. The molecule has 0 atom stereocenters. The molecule has 0 amide bonds. The molecular weight excluding hydrogens is 477 g/mol. The van der Waals surface area contributed by atoms with Crippen molar-refractivity contribution in [3.63, 3.8) is 0 Å². The molecule has 0 saturated heterocycles. The van der Waals surface area contributed by atoms with Gasteiger partial charge in [0.1, 0.15) is 4.90 Å². The van der Waals surface area contributed by atoms with Crippen molar-refractivity contribution in [1.29, 1.82) is 0 Å². The molecule has 3 aromatic rings. The van der Waals surface area contributed by atoms with Crippen molar-refractivity contribution in [3.8, 4) is 5.82 Å². The first-order valence-corrected chi connectivity index (χ1v) is 11.0. The average molecular weight is 491 g/mol. The van der Waals surface area contributed by atoms with Gasteiger partial charge < -0.3 is 0 Å². The fraction of sp³-hybridized carbons (Fsp3) is 0.353. The van der Waals surface area contributed by atoms with E-state index in [4.69, 9.17) is 0 Å². The Bertz CT molecular complexity index is 1290. The lowest BCUT2D eigenvalue weighted by Crippen LogP contribution is -2.29. The Labute approximate surface area is 171 Å². The zero-order valence-corrected chi connectivity index (χ0v) is 17.3. The lowest BCUT2D eigenvalue weighted by molar-refractivity contribution is -0.160. The van der Waals surface area contributed by atoms with Gasteiger partial charge in [0.25, 0.3) is 0 Å². The molecule has 154 valence electrons. The predicted octanol–water partition coefficient (Wildman–Crippen LogP) is 3.03. The van der Waals surface area contributed by atoms with Gasteiger partial charge in [-0.25, -0.2) is 22.6 Å². The van der Waals surface area contributed by atoms with E-state index in [9.17, 15) is 26.4 Å². The van der Waals surface area contributed by atoms with Gasteiger partial charge >= 0.3 is 11.9 Å². The molecule has 0 unspecified atom stereocenters. The maximum Gasteiger partial charge on any atom is 0.398 e. The third-order valence-corrected chi connectivity index (χ3v) is 7.24. The van der Waals surface area contributed by atoms with Crippen molar-refractivity contribution in [2.45, 2.75) is 36.3 Å². The fourth-order valence-electron chi connectivity index (χ4n) is 3.21. The first-order chi connectivity index (χ1) is 13.5. The van der Waals surface area contributed by atoms with Crippen LogP contribution in [0.3, 0.4) is 0 Å². The molecule has 7 nitrogen and oxygen atoms in total. The smallest absolute Gasteiger partial charge is 0.250 e. The molecule has 1 aliphatic rings. The normalized spacial score (nSPS) is 16.3. The van der Waals surface area contributed by atoms with Crippen LogP contribution in [0.25, 0.3) is 11.5 Å². The maximum absolute atomic E-state index is 13.4. The Morgan fingerprint density at radius 1 is 1.28 bits per heavy atom.